The van der Waals surface area contributed by atoms with Crippen LogP contribution in [0.2, 0.25) is 0 Å². The largest absolute Gasteiger partial charge is 0.480 e. The third-order valence-corrected chi connectivity index (χ3v) is 2.39. The molecule has 0 saturated heterocycles. The Balaban J connectivity index is 2.90. The van der Waals surface area contributed by atoms with Crippen LogP contribution in [0, 0.1) is 6.92 Å². The van der Waals surface area contributed by atoms with E-state index in [2.05, 4.69) is 4.98 Å². The van der Waals surface area contributed by atoms with Gasteiger partial charge >= 0.3 is 5.97 Å². The van der Waals surface area contributed by atoms with E-state index in [0.717, 1.165) is 10.5 Å². The average molecular weight is 222 g/mol. The molecule has 86 valence electrons. The van der Waals surface area contributed by atoms with Gasteiger partial charge in [-0.05, 0) is 31.5 Å². The molecule has 16 heavy (non-hydrogen) atoms. The highest BCUT2D eigenvalue weighted by molar-refractivity contribution is 5.94. The number of carboxylic acid groups (broad SMARTS) is 1. The fourth-order valence-electron chi connectivity index (χ4n) is 1.18. The Hall–Kier alpha value is -1.91. The number of nitrogens with zero attached hydrogens (tertiary/aromatic N) is 2. The van der Waals surface area contributed by atoms with Gasteiger partial charge in [-0.2, -0.15) is 0 Å². The molecule has 0 fully saturated rings. The molecule has 1 aromatic heterocycles. The zero-order valence-corrected chi connectivity index (χ0v) is 9.47. The minimum absolute atomic E-state index is 0.260. The first-order chi connectivity index (χ1) is 7.43. The van der Waals surface area contributed by atoms with Gasteiger partial charge < -0.3 is 10.0 Å². The number of aliphatic carboxylic acids is 1. The first-order valence-corrected chi connectivity index (χ1v) is 4.86. The normalized spacial score (nSPS) is 11.9. The molecule has 0 aliphatic rings. The van der Waals surface area contributed by atoms with Crippen LogP contribution >= 0.6 is 0 Å². The lowest BCUT2D eigenvalue weighted by molar-refractivity contribution is -0.141. The molecule has 1 atom stereocenters. The van der Waals surface area contributed by atoms with Gasteiger partial charge in [-0.25, -0.2) is 4.79 Å². The zero-order valence-electron chi connectivity index (χ0n) is 9.47. The molecule has 5 heteroatoms. The molecule has 1 rings (SSSR count). The number of carboxylic acids is 1. The summed E-state index contributed by atoms with van der Waals surface area (Å²) in [6, 6.07) is 2.54. The minimum atomic E-state index is -1.04. The number of rotatable bonds is 3. The minimum Gasteiger partial charge on any atom is -0.480 e. The van der Waals surface area contributed by atoms with Gasteiger partial charge in [0.2, 0.25) is 0 Å². The van der Waals surface area contributed by atoms with Crippen molar-refractivity contribution in [3.8, 4) is 0 Å². The summed E-state index contributed by atoms with van der Waals surface area (Å²) in [4.78, 5) is 27.6. The van der Waals surface area contributed by atoms with Crippen molar-refractivity contribution >= 4 is 11.9 Å². The Bertz CT molecular complexity index is 417. The number of likely N-dealkylation sites (N-methyl/N-ethyl adjacent to an activating group) is 1. The van der Waals surface area contributed by atoms with Gasteiger partial charge in [-0.1, -0.05) is 0 Å². The summed E-state index contributed by atoms with van der Waals surface area (Å²) in [6.07, 6.45) is 1.53. The highest BCUT2D eigenvalue weighted by Crippen LogP contribution is 2.06. The van der Waals surface area contributed by atoms with E-state index < -0.39 is 17.9 Å². The van der Waals surface area contributed by atoms with Crippen LogP contribution in [0.1, 0.15) is 23.0 Å². The smallest absolute Gasteiger partial charge is 0.326 e. The Morgan fingerprint density at radius 3 is 2.62 bits per heavy atom. The van der Waals surface area contributed by atoms with Crippen LogP contribution in [0.3, 0.4) is 0 Å². The number of aromatic nitrogens is 1. The lowest BCUT2D eigenvalue weighted by Crippen LogP contribution is -2.40. The van der Waals surface area contributed by atoms with E-state index in [0.29, 0.717) is 0 Å². The van der Waals surface area contributed by atoms with Crippen LogP contribution in [-0.4, -0.2) is 40.0 Å². The number of hydrogen-bond acceptors (Lipinski definition) is 3. The van der Waals surface area contributed by atoms with Crippen LogP contribution in [0.5, 0.6) is 0 Å². The topological polar surface area (TPSA) is 70.5 Å². The van der Waals surface area contributed by atoms with Gasteiger partial charge in [0.1, 0.15) is 11.7 Å². The van der Waals surface area contributed by atoms with E-state index in [9.17, 15) is 9.59 Å². The first-order valence-electron chi connectivity index (χ1n) is 4.86. The Morgan fingerprint density at radius 1 is 1.50 bits per heavy atom. The number of pyridine rings is 1. The summed E-state index contributed by atoms with van der Waals surface area (Å²) in [5, 5.41) is 8.79. The van der Waals surface area contributed by atoms with E-state index in [1.807, 2.05) is 6.92 Å². The molecule has 0 aromatic carbocycles. The molecule has 1 amide bonds. The summed E-state index contributed by atoms with van der Waals surface area (Å²) in [7, 11) is 1.45. The standard InChI is InChI=1S/C11H14N2O3/c1-7-4-5-12-9(6-7)10(14)13(3)8(2)11(15)16/h4-6,8H,1-3H3,(H,15,16). The summed E-state index contributed by atoms with van der Waals surface area (Å²) in [6.45, 7) is 3.30. The number of aryl methyl sites for hydroxylation is 1. The third-order valence-electron chi connectivity index (χ3n) is 2.39. The first kappa shape index (κ1) is 12.2. The second-order valence-electron chi connectivity index (χ2n) is 3.65. The molecule has 0 bridgehead atoms. The predicted molar refractivity (Wildman–Crippen MR) is 58.2 cm³/mol. The maximum absolute atomic E-state index is 11.8. The molecule has 0 saturated carbocycles. The molecule has 5 nitrogen and oxygen atoms in total. The molecule has 1 aromatic rings. The highest BCUT2D eigenvalue weighted by atomic mass is 16.4. The lowest BCUT2D eigenvalue weighted by atomic mass is 10.2. The maximum Gasteiger partial charge on any atom is 0.326 e. The van der Waals surface area contributed by atoms with Crippen LogP contribution in [0.15, 0.2) is 18.3 Å². The van der Waals surface area contributed by atoms with Crippen LogP contribution in [0.4, 0.5) is 0 Å². The molecule has 0 radical (unpaired) electrons. The van der Waals surface area contributed by atoms with Crippen molar-refractivity contribution in [2.24, 2.45) is 0 Å². The fraction of sp³-hybridized carbons (Fsp3) is 0.364. The Morgan fingerprint density at radius 2 is 2.12 bits per heavy atom. The van der Waals surface area contributed by atoms with Crippen molar-refractivity contribution in [1.82, 2.24) is 9.88 Å². The second-order valence-corrected chi connectivity index (χ2v) is 3.65. The quantitative estimate of drug-likeness (QED) is 0.826. The molecule has 0 aliphatic carbocycles. The van der Waals surface area contributed by atoms with Crippen molar-refractivity contribution < 1.29 is 14.7 Å². The summed E-state index contributed by atoms with van der Waals surface area (Å²) >= 11 is 0. The van der Waals surface area contributed by atoms with E-state index >= 15 is 0 Å². The Labute approximate surface area is 93.7 Å². The van der Waals surface area contributed by atoms with Gasteiger partial charge in [0.05, 0.1) is 0 Å². The molecule has 1 N–H and O–H groups in total. The summed E-state index contributed by atoms with van der Waals surface area (Å²) in [5.74, 6) is -1.43. The highest BCUT2D eigenvalue weighted by Gasteiger charge is 2.23. The monoisotopic (exact) mass is 222 g/mol. The zero-order chi connectivity index (χ0) is 12.3. The van der Waals surface area contributed by atoms with Crippen molar-refractivity contribution in [3.05, 3.63) is 29.6 Å². The molecule has 1 heterocycles. The average Bonchev–Trinajstić information content (AvgIpc) is 2.26. The maximum atomic E-state index is 11.8. The predicted octanol–water partition coefficient (Wildman–Crippen LogP) is 0.935. The number of carbonyl (C=O) groups excluding carboxylic acids is 1. The van der Waals surface area contributed by atoms with E-state index in [1.54, 1.807) is 12.1 Å². The molecular formula is C11H14N2O3. The van der Waals surface area contributed by atoms with Crippen molar-refractivity contribution in [1.29, 1.82) is 0 Å². The second kappa shape index (κ2) is 4.74. The van der Waals surface area contributed by atoms with Gasteiger partial charge in [0.15, 0.2) is 0 Å². The van der Waals surface area contributed by atoms with Crippen LogP contribution in [0.25, 0.3) is 0 Å². The van der Waals surface area contributed by atoms with E-state index in [1.165, 1.54) is 20.2 Å². The molecule has 1 unspecified atom stereocenters. The molecular weight excluding hydrogens is 208 g/mol. The number of carbonyl (C=O) groups is 2. The van der Waals surface area contributed by atoms with Gasteiger partial charge in [-0.3, -0.25) is 9.78 Å². The van der Waals surface area contributed by atoms with Crippen molar-refractivity contribution in [3.63, 3.8) is 0 Å². The van der Waals surface area contributed by atoms with Crippen LogP contribution in [-0.2, 0) is 4.79 Å². The molecule has 0 spiro atoms. The van der Waals surface area contributed by atoms with Gasteiger partial charge in [0, 0.05) is 13.2 Å². The summed E-state index contributed by atoms with van der Waals surface area (Å²) in [5.41, 5.74) is 1.17. The number of amides is 1. The summed E-state index contributed by atoms with van der Waals surface area (Å²) < 4.78 is 0. The number of hydrogen-bond donors (Lipinski definition) is 1. The van der Waals surface area contributed by atoms with Crippen molar-refractivity contribution in [2.45, 2.75) is 19.9 Å². The van der Waals surface area contributed by atoms with Gasteiger partial charge in [0.25, 0.3) is 5.91 Å². The van der Waals surface area contributed by atoms with Crippen LogP contribution < -0.4 is 0 Å². The van der Waals surface area contributed by atoms with Crippen molar-refractivity contribution in [2.75, 3.05) is 7.05 Å². The van der Waals surface area contributed by atoms with Gasteiger partial charge in [-0.15, -0.1) is 0 Å². The van der Waals surface area contributed by atoms with E-state index in [4.69, 9.17) is 5.11 Å². The third kappa shape index (κ3) is 2.56. The lowest BCUT2D eigenvalue weighted by Gasteiger charge is -2.20. The Kier molecular flexibility index (Phi) is 3.60. The van der Waals surface area contributed by atoms with E-state index in [-0.39, 0.29) is 5.69 Å². The SMILES string of the molecule is Cc1ccnc(C(=O)N(C)C(C)C(=O)O)c1. The molecule has 0 aliphatic heterocycles. The fourth-order valence-corrected chi connectivity index (χ4v) is 1.18.